The van der Waals surface area contributed by atoms with Gasteiger partial charge < -0.3 is 100 Å². The molecule has 12 aromatic carbocycles. The first-order valence-electron chi connectivity index (χ1n) is 44.5. The molecule has 0 amide bonds. The summed E-state index contributed by atoms with van der Waals surface area (Å²) in [6.45, 7) is 0.934. The third kappa shape index (κ3) is 27.0. The molecule has 0 aromatic heterocycles. The quantitative estimate of drug-likeness (QED) is 0.0363. The van der Waals surface area contributed by atoms with Crippen molar-refractivity contribution >= 4 is 0 Å². The SMILES string of the molecule is OC1OC(COCc2ccccc2)C(OCc2ccccc2)C(OCc2ccccc2)C1OC1OC(COCc2ccccc2)C(OCc2ccccc2)C(OCc2ccccc2)C1OC1OC(COCc2ccccc2)C(OCc2ccccc2)C(OCc2ccccc2)C1OC1OC(COCc2ccccc2)C(OCc2ccccc2)C(OCc2ccccc2)C1O. The lowest BCUT2D eigenvalue weighted by Crippen LogP contribution is -2.69. The molecule has 21 heteroatoms. The van der Waals surface area contributed by atoms with Gasteiger partial charge in [0.2, 0.25) is 0 Å². The third-order valence-electron chi connectivity index (χ3n) is 23.1. The lowest BCUT2D eigenvalue weighted by atomic mass is 9.94. The number of aliphatic hydroxyl groups excluding tert-OH is 2. The highest BCUT2D eigenvalue weighted by Gasteiger charge is 2.59. The first-order chi connectivity index (χ1) is 63.8. The van der Waals surface area contributed by atoms with Gasteiger partial charge in [0.15, 0.2) is 25.2 Å². The van der Waals surface area contributed by atoms with Crippen molar-refractivity contribution in [3.63, 3.8) is 0 Å². The molecule has 4 aliphatic rings. The fourth-order valence-corrected chi connectivity index (χ4v) is 16.5. The van der Waals surface area contributed by atoms with Crippen LogP contribution in [0.25, 0.3) is 0 Å². The second-order valence-corrected chi connectivity index (χ2v) is 32.6. The van der Waals surface area contributed by atoms with Crippen molar-refractivity contribution in [2.75, 3.05) is 26.4 Å². The number of ether oxygens (including phenoxy) is 19. The molecule has 0 radical (unpaired) electrons. The van der Waals surface area contributed by atoms with Gasteiger partial charge in [0.25, 0.3) is 0 Å². The Kier molecular flexibility index (Phi) is 35.1. The van der Waals surface area contributed by atoms with Gasteiger partial charge in [0.1, 0.15) is 97.7 Å². The van der Waals surface area contributed by atoms with E-state index in [2.05, 4.69) is 0 Å². The zero-order chi connectivity index (χ0) is 87.7. The van der Waals surface area contributed by atoms with E-state index in [0.717, 1.165) is 66.8 Å². The van der Waals surface area contributed by atoms with Crippen LogP contribution in [0.4, 0.5) is 0 Å². The molecule has 672 valence electrons. The summed E-state index contributed by atoms with van der Waals surface area (Å²) in [7, 11) is 0. The monoisotopic (exact) mass is 1750 g/mol. The number of hydrogen-bond acceptors (Lipinski definition) is 21. The van der Waals surface area contributed by atoms with Crippen LogP contribution in [0.5, 0.6) is 0 Å². The van der Waals surface area contributed by atoms with E-state index < -0.39 is 123 Å². The van der Waals surface area contributed by atoms with Gasteiger partial charge >= 0.3 is 0 Å². The van der Waals surface area contributed by atoms with Gasteiger partial charge in [0.05, 0.1) is 106 Å². The van der Waals surface area contributed by atoms with Crippen molar-refractivity contribution in [3.8, 4) is 0 Å². The van der Waals surface area contributed by atoms with Crippen molar-refractivity contribution in [2.45, 2.75) is 202 Å². The second-order valence-electron chi connectivity index (χ2n) is 32.6. The van der Waals surface area contributed by atoms with E-state index in [1.165, 1.54) is 0 Å². The van der Waals surface area contributed by atoms with Crippen LogP contribution in [0.1, 0.15) is 66.8 Å². The summed E-state index contributed by atoms with van der Waals surface area (Å²) in [5.74, 6) is 0. The van der Waals surface area contributed by atoms with Gasteiger partial charge in [-0.25, -0.2) is 0 Å². The van der Waals surface area contributed by atoms with Crippen molar-refractivity contribution in [2.24, 2.45) is 0 Å². The normalized spacial score (nSPS) is 25.8. The molecular weight excluding hydrogens is 1630 g/mol. The molecule has 16 rings (SSSR count). The van der Waals surface area contributed by atoms with Gasteiger partial charge in [0, 0.05) is 0 Å². The van der Waals surface area contributed by atoms with Crippen LogP contribution in [0, 0.1) is 0 Å². The molecule has 2 N–H and O–H groups in total. The lowest BCUT2D eigenvalue weighted by molar-refractivity contribution is -0.415. The Balaban J connectivity index is 0.857. The maximum atomic E-state index is 13.8. The smallest absolute Gasteiger partial charge is 0.187 e. The molecule has 20 unspecified atom stereocenters. The minimum absolute atomic E-state index is 0.00000305. The van der Waals surface area contributed by atoms with Crippen LogP contribution < -0.4 is 0 Å². The molecule has 0 aliphatic carbocycles. The standard InChI is InChI=1S/C108H114O21/c109-93-98(119-69-85-53-29-9-30-54-85)94(115-65-81-45-21-5-22-46-81)90(74-112-62-78-39-15-2-16-40-78)124-106(93)128-103-100(121-71-87-57-33-11-34-58-87)96(117-67-83-49-25-7-26-50-83)92(76-114-64-80-43-19-4-20-44-80)126-108(103)129-104-101(122-72-88-59-35-12-36-60-88)97(118-68-84-51-27-8-28-52-84)91(75-113-63-79-41-17-3-18-42-79)125-107(104)127-102-99(120-70-86-55-31-10-32-56-86)95(116-66-82-47-23-6-24-48-82)89(123-105(102)110)73-111-61-77-37-13-1-14-38-77/h1-60,89-110H,61-76H2. The van der Waals surface area contributed by atoms with Crippen LogP contribution in [-0.2, 0) is 169 Å². The number of rotatable bonds is 46. The summed E-state index contributed by atoms with van der Waals surface area (Å²) in [5, 5.41) is 27.2. The molecule has 0 spiro atoms. The highest BCUT2D eigenvalue weighted by molar-refractivity contribution is 5.23. The van der Waals surface area contributed by atoms with Gasteiger partial charge in [-0.05, 0) is 66.8 Å². The second kappa shape index (κ2) is 49.2. The Morgan fingerprint density at radius 2 is 0.341 bits per heavy atom. The van der Waals surface area contributed by atoms with E-state index in [4.69, 9.17) is 90.0 Å². The van der Waals surface area contributed by atoms with Crippen molar-refractivity contribution in [3.05, 3.63) is 431 Å². The number of aliphatic hydroxyl groups is 2. The van der Waals surface area contributed by atoms with Crippen molar-refractivity contribution in [1.82, 2.24) is 0 Å². The summed E-state index contributed by atoms with van der Waals surface area (Å²) in [5.41, 5.74) is 10.4. The van der Waals surface area contributed by atoms with Gasteiger partial charge in [-0.1, -0.05) is 364 Å². The summed E-state index contributed by atoms with van der Waals surface area (Å²) in [6, 6.07) is 118. The molecular formula is C108H114O21. The Morgan fingerprint density at radius 3 is 0.581 bits per heavy atom. The molecule has 0 bridgehead atoms. The first kappa shape index (κ1) is 92.1. The number of benzene rings is 12. The van der Waals surface area contributed by atoms with Crippen LogP contribution in [0.2, 0.25) is 0 Å². The maximum Gasteiger partial charge on any atom is 0.187 e. The van der Waals surface area contributed by atoms with Crippen molar-refractivity contribution in [1.29, 1.82) is 0 Å². The van der Waals surface area contributed by atoms with E-state index in [1.807, 2.05) is 364 Å². The Labute approximate surface area is 755 Å². The third-order valence-corrected chi connectivity index (χ3v) is 23.1. The van der Waals surface area contributed by atoms with E-state index in [0.29, 0.717) is 0 Å². The molecule has 4 aliphatic heterocycles. The fraction of sp³-hybridized carbons (Fsp3) is 0.333. The predicted octanol–water partition coefficient (Wildman–Crippen LogP) is 16.9. The summed E-state index contributed by atoms with van der Waals surface area (Å²) >= 11 is 0. The van der Waals surface area contributed by atoms with Gasteiger partial charge in [-0.3, -0.25) is 0 Å². The average molecular weight is 1750 g/mol. The molecule has 12 aromatic rings. The molecule has 20 atom stereocenters. The molecule has 21 nitrogen and oxygen atoms in total. The van der Waals surface area contributed by atoms with E-state index in [-0.39, 0.29) is 106 Å². The molecule has 129 heavy (non-hydrogen) atoms. The average Bonchev–Trinajstić information content (AvgIpc) is 0.755. The molecule has 4 saturated heterocycles. The maximum absolute atomic E-state index is 13.8. The minimum atomic E-state index is -1.78. The summed E-state index contributed by atoms with van der Waals surface area (Å²) in [6.07, 6.45) is -25.9. The lowest BCUT2D eigenvalue weighted by Gasteiger charge is -2.52. The Hall–Kier alpha value is -10.2. The van der Waals surface area contributed by atoms with E-state index in [9.17, 15) is 10.2 Å². The largest absolute Gasteiger partial charge is 0.385 e. The Morgan fingerprint density at radius 1 is 0.171 bits per heavy atom. The zero-order valence-corrected chi connectivity index (χ0v) is 72.2. The molecule has 4 fully saturated rings. The molecule has 0 saturated carbocycles. The van der Waals surface area contributed by atoms with Gasteiger partial charge in [-0.15, -0.1) is 0 Å². The predicted molar refractivity (Wildman–Crippen MR) is 482 cm³/mol. The van der Waals surface area contributed by atoms with Crippen molar-refractivity contribution < 1.29 is 100 Å². The van der Waals surface area contributed by atoms with Crippen LogP contribution in [0.3, 0.4) is 0 Å². The van der Waals surface area contributed by atoms with Gasteiger partial charge in [-0.2, -0.15) is 0 Å². The van der Waals surface area contributed by atoms with E-state index >= 15 is 0 Å². The topological polar surface area (TPSA) is 216 Å². The highest BCUT2D eigenvalue weighted by atomic mass is 16.8. The van der Waals surface area contributed by atoms with E-state index in [1.54, 1.807) is 0 Å². The molecule has 4 heterocycles. The van der Waals surface area contributed by atoms with Crippen LogP contribution in [0.15, 0.2) is 364 Å². The summed E-state index contributed by atoms with van der Waals surface area (Å²) in [4.78, 5) is 0. The first-order valence-corrected chi connectivity index (χ1v) is 44.5. The highest BCUT2D eigenvalue weighted by Crippen LogP contribution is 2.42. The van der Waals surface area contributed by atoms with Crippen LogP contribution >= 0.6 is 0 Å². The zero-order valence-electron chi connectivity index (χ0n) is 72.2. The Bertz CT molecular complexity index is 5070. The van der Waals surface area contributed by atoms with Crippen LogP contribution in [-0.4, -0.2) is 159 Å². The summed E-state index contributed by atoms with van der Waals surface area (Å²) < 4.78 is 139. The fourth-order valence-electron chi connectivity index (χ4n) is 16.5. The minimum Gasteiger partial charge on any atom is -0.385 e. The number of hydrogen-bond donors (Lipinski definition) is 2.